The molecule has 1 aliphatic heterocycles. The number of esters is 1. The average Bonchev–Trinajstić information content (AvgIpc) is 2.55. The number of benzene rings is 1. The monoisotopic (exact) mass is 193 g/mol. The summed E-state index contributed by atoms with van der Waals surface area (Å²) in [5.41, 5.74) is 6.89. The number of nitrogens with two attached hydrogens (primary N) is 1. The van der Waals surface area contributed by atoms with Gasteiger partial charge in [-0.3, -0.25) is 0 Å². The van der Waals surface area contributed by atoms with Crippen LogP contribution in [-0.4, -0.2) is 19.6 Å². The van der Waals surface area contributed by atoms with Gasteiger partial charge in [0.15, 0.2) is 0 Å². The van der Waals surface area contributed by atoms with Crippen LogP contribution in [0.5, 0.6) is 5.75 Å². The molecule has 0 saturated carbocycles. The Morgan fingerprint density at radius 2 is 2.36 bits per heavy atom. The van der Waals surface area contributed by atoms with Crippen LogP contribution in [0.25, 0.3) is 0 Å². The first-order valence-electron chi connectivity index (χ1n) is 4.35. The number of hydrogen-bond donors (Lipinski definition) is 1. The molecule has 0 aliphatic carbocycles. The molecule has 1 atom stereocenters. The lowest BCUT2D eigenvalue weighted by molar-refractivity contribution is 0.0402. The largest absolute Gasteiger partial charge is 0.497 e. The number of ether oxygens (including phenoxy) is 2. The minimum absolute atomic E-state index is 0.298. The van der Waals surface area contributed by atoms with Gasteiger partial charge in [0.1, 0.15) is 11.9 Å². The summed E-state index contributed by atoms with van der Waals surface area (Å²) in [5, 5.41) is 0. The first-order chi connectivity index (χ1) is 6.76. The van der Waals surface area contributed by atoms with Crippen molar-refractivity contribution in [3.05, 3.63) is 29.3 Å². The highest BCUT2D eigenvalue weighted by atomic mass is 16.5. The molecule has 0 spiro atoms. The quantitative estimate of drug-likeness (QED) is 0.708. The second kappa shape index (κ2) is 3.31. The molecule has 1 aliphatic rings. The van der Waals surface area contributed by atoms with Crippen LogP contribution in [0.2, 0.25) is 0 Å². The van der Waals surface area contributed by atoms with E-state index in [9.17, 15) is 4.79 Å². The van der Waals surface area contributed by atoms with Crippen LogP contribution >= 0.6 is 0 Å². The van der Waals surface area contributed by atoms with Gasteiger partial charge in [-0.05, 0) is 18.2 Å². The molecule has 1 unspecified atom stereocenters. The van der Waals surface area contributed by atoms with Crippen LogP contribution < -0.4 is 10.5 Å². The van der Waals surface area contributed by atoms with Crippen molar-refractivity contribution < 1.29 is 14.3 Å². The third-order valence-corrected chi connectivity index (χ3v) is 2.29. The Morgan fingerprint density at radius 1 is 1.57 bits per heavy atom. The molecule has 0 saturated heterocycles. The molecule has 4 heteroatoms. The van der Waals surface area contributed by atoms with Gasteiger partial charge >= 0.3 is 5.97 Å². The first-order valence-corrected chi connectivity index (χ1v) is 4.35. The van der Waals surface area contributed by atoms with E-state index in [4.69, 9.17) is 15.2 Å². The zero-order valence-electron chi connectivity index (χ0n) is 7.82. The van der Waals surface area contributed by atoms with Crippen LogP contribution in [0.15, 0.2) is 18.2 Å². The second-order valence-electron chi connectivity index (χ2n) is 3.08. The number of methoxy groups -OCH3 is 1. The van der Waals surface area contributed by atoms with E-state index in [1.807, 2.05) is 0 Å². The molecule has 0 amide bonds. The maximum absolute atomic E-state index is 11.3. The van der Waals surface area contributed by atoms with Crippen molar-refractivity contribution in [3.63, 3.8) is 0 Å². The summed E-state index contributed by atoms with van der Waals surface area (Å²) in [6.07, 6.45) is -0.326. The molecule has 0 radical (unpaired) electrons. The van der Waals surface area contributed by atoms with Crippen molar-refractivity contribution in [1.29, 1.82) is 0 Å². The molecule has 74 valence electrons. The predicted octanol–water partition coefficient (Wildman–Crippen LogP) is 0.865. The number of carbonyl (C=O) groups excluding carboxylic acids is 1. The summed E-state index contributed by atoms with van der Waals surface area (Å²) in [5.74, 6) is 0.401. The Bertz CT molecular complexity index is 376. The zero-order valence-corrected chi connectivity index (χ0v) is 7.82. The van der Waals surface area contributed by atoms with E-state index < -0.39 is 0 Å². The number of fused-ring (bicyclic) bond motifs is 1. The van der Waals surface area contributed by atoms with E-state index in [0.717, 1.165) is 5.56 Å². The summed E-state index contributed by atoms with van der Waals surface area (Å²) in [7, 11) is 1.58. The first kappa shape index (κ1) is 9.02. The highest BCUT2D eigenvalue weighted by Crippen LogP contribution is 2.32. The standard InChI is InChI=1S/C10H11NO3/c1-13-6-2-3-7-8(4-6)9(5-11)14-10(7)12/h2-4,9H,5,11H2,1H3. The maximum Gasteiger partial charge on any atom is 0.339 e. The number of rotatable bonds is 2. The van der Waals surface area contributed by atoms with E-state index in [0.29, 0.717) is 17.9 Å². The van der Waals surface area contributed by atoms with Gasteiger partial charge in [-0.15, -0.1) is 0 Å². The molecule has 0 aromatic heterocycles. The van der Waals surface area contributed by atoms with Gasteiger partial charge in [0, 0.05) is 12.1 Å². The van der Waals surface area contributed by atoms with Crippen molar-refractivity contribution in [2.24, 2.45) is 5.73 Å². The summed E-state index contributed by atoms with van der Waals surface area (Å²) >= 11 is 0. The Labute approximate surface area is 81.6 Å². The topological polar surface area (TPSA) is 61.6 Å². The minimum Gasteiger partial charge on any atom is -0.497 e. The normalized spacial score (nSPS) is 19.0. The number of cyclic esters (lactones) is 1. The summed E-state index contributed by atoms with van der Waals surface area (Å²) in [6.45, 7) is 0.298. The Hall–Kier alpha value is -1.55. The van der Waals surface area contributed by atoms with E-state index in [1.54, 1.807) is 25.3 Å². The molecule has 0 fully saturated rings. The van der Waals surface area contributed by atoms with Crippen molar-refractivity contribution in [2.45, 2.75) is 6.10 Å². The minimum atomic E-state index is -0.326. The lowest BCUT2D eigenvalue weighted by atomic mass is 10.0. The third-order valence-electron chi connectivity index (χ3n) is 2.29. The number of hydrogen-bond acceptors (Lipinski definition) is 4. The molecule has 14 heavy (non-hydrogen) atoms. The van der Waals surface area contributed by atoms with Gasteiger partial charge in [0.2, 0.25) is 0 Å². The third kappa shape index (κ3) is 1.24. The fraction of sp³-hybridized carbons (Fsp3) is 0.300. The van der Waals surface area contributed by atoms with Crippen LogP contribution in [0.3, 0.4) is 0 Å². The molecule has 0 bridgehead atoms. The van der Waals surface area contributed by atoms with Gasteiger partial charge in [0.05, 0.1) is 12.7 Å². The van der Waals surface area contributed by atoms with Gasteiger partial charge < -0.3 is 15.2 Å². The summed E-state index contributed by atoms with van der Waals surface area (Å²) in [4.78, 5) is 11.3. The molecule has 1 heterocycles. The summed E-state index contributed by atoms with van der Waals surface area (Å²) in [6, 6.07) is 5.23. The van der Waals surface area contributed by atoms with Crippen LogP contribution in [0, 0.1) is 0 Å². The van der Waals surface area contributed by atoms with Crippen molar-refractivity contribution >= 4 is 5.97 Å². The lowest BCUT2D eigenvalue weighted by Crippen LogP contribution is -2.11. The fourth-order valence-corrected chi connectivity index (χ4v) is 1.55. The number of carbonyl (C=O) groups is 1. The fourth-order valence-electron chi connectivity index (χ4n) is 1.55. The molecule has 2 N–H and O–H groups in total. The average molecular weight is 193 g/mol. The molecule has 1 aromatic carbocycles. The Morgan fingerprint density at radius 3 is 3.00 bits per heavy atom. The predicted molar refractivity (Wildman–Crippen MR) is 50.2 cm³/mol. The SMILES string of the molecule is COc1ccc2c(c1)C(CN)OC2=O. The van der Waals surface area contributed by atoms with E-state index >= 15 is 0 Å². The Balaban J connectivity index is 2.47. The van der Waals surface area contributed by atoms with Crippen LogP contribution in [-0.2, 0) is 4.74 Å². The lowest BCUT2D eigenvalue weighted by Gasteiger charge is -2.07. The highest BCUT2D eigenvalue weighted by Gasteiger charge is 2.30. The van der Waals surface area contributed by atoms with Crippen molar-refractivity contribution in [1.82, 2.24) is 0 Å². The smallest absolute Gasteiger partial charge is 0.339 e. The highest BCUT2D eigenvalue weighted by molar-refractivity contribution is 5.94. The van der Waals surface area contributed by atoms with E-state index in [1.165, 1.54) is 0 Å². The Kier molecular flexibility index (Phi) is 2.13. The van der Waals surface area contributed by atoms with E-state index in [2.05, 4.69) is 0 Å². The van der Waals surface area contributed by atoms with Crippen molar-refractivity contribution in [3.8, 4) is 5.75 Å². The molecular weight excluding hydrogens is 182 g/mol. The summed E-state index contributed by atoms with van der Waals surface area (Å²) < 4.78 is 10.1. The van der Waals surface area contributed by atoms with Crippen molar-refractivity contribution in [2.75, 3.05) is 13.7 Å². The zero-order chi connectivity index (χ0) is 10.1. The molecule has 4 nitrogen and oxygen atoms in total. The van der Waals surface area contributed by atoms with Gasteiger partial charge in [-0.25, -0.2) is 4.79 Å². The second-order valence-corrected chi connectivity index (χ2v) is 3.08. The van der Waals surface area contributed by atoms with Gasteiger partial charge in [-0.1, -0.05) is 0 Å². The van der Waals surface area contributed by atoms with Crippen LogP contribution in [0.4, 0.5) is 0 Å². The van der Waals surface area contributed by atoms with Crippen LogP contribution in [0.1, 0.15) is 22.0 Å². The van der Waals surface area contributed by atoms with E-state index in [-0.39, 0.29) is 12.1 Å². The van der Waals surface area contributed by atoms with Gasteiger partial charge in [-0.2, -0.15) is 0 Å². The molecule has 2 rings (SSSR count). The van der Waals surface area contributed by atoms with Gasteiger partial charge in [0.25, 0.3) is 0 Å². The molecule has 1 aromatic rings. The maximum atomic E-state index is 11.3. The molecular formula is C10H11NO3.